The summed E-state index contributed by atoms with van der Waals surface area (Å²) in [6.45, 7) is 2.55. The number of ether oxygens (including phenoxy) is 2. The first-order valence-electron chi connectivity index (χ1n) is 9.26. The molecular formula is C21H22ClN3O4S. The van der Waals surface area contributed by atoms with E-state index >= 15 is 0 Å². The Bertz CT molecular complexity index is 1120. The van der Waals surface area contributed by atoms with Crippen LogP contribution in [-0.2, 0) is 11.3 Å². The smallest absolute Gasteiger partial charge is 0.258 e. The average molecular weight is 448 g/mol. The van der Waals surface area contributed by atoms with E-state index in [0.717, 1.165) is 4.90 Å². The van der Waals surface area contributed by atoms with Crippen LogP contribution in [0.3, 0.4) is 0 Å². The van der Waals surface area contributed by atoms with Gasteiger partial charge in [0.1, 0.15) is 5.82 Å². The van der Waals surface area contributed by atoms with Gasteiger partial charge in [-0.1, -0.05) is 23.7 Å². The predicted molar refractivity (Wildman–Crippen MR) is 119 cm³/mol. The molecule has 0 bridgehead atoms. The van der Waals surface area contributed by atoms with Crippen molar-refractivity contribution in [2.24, 2.45) is 0 Å². The molecule has 0 unspecified atom stereocenters. The van der Waals surface area contributed by atoms with Gasteiger partial charge in [0, 0.05) is 17.5 Å². The minimum atomic E-state index is -0.301. The highest BCUT2D eigenvalue weighted by Gasteiger charge is 2.16. The average Bonchev–Trinajstić information content (AvgIpc) is 2.75. The van der Waals surface area contributed by atoms with E-state index in [-0.39, 0.29) is 23.8 Å². The van der Waals surface area contributed by atoms with Crippen molar-refractivity contribution in [3.8, 4) is 11.5 Å². The van der Waals surface area contributed by atoms with E-state index in [1.54, 1.807) is 23.1 Å². The fourth-order valence-corrected chi connectivity index (χ4v) is 4.08. The summed E-state index contributed by atoms with van der Waals surface area (Å²) in [6, 6.07) is 10.6. The summed E-state index contributed by atoms with van der Waals surface area (Å²) in [6.07, 6.45) is 0. The fourth-order valence-electron chi connectivity index (χ4n) is 2.94. The first-order chi connectivity index (χ1) is 14.5. The predicted octanol–water partition coefficient (Wildman–Crippen LogP) is 3.73. The molecule has 30 heavy (non-hydrogen) atoms. The number of rotatable bonds is 8. The van der Waals surface area contributed by atoms with Gasteiger partial charge in [-0.25, -0.2) is 4.98 Å². The van der Waals surface area contributed by atoms with E-state index in [9.17, 15) is 9.59 Å². The zero-order valence-corrected chi connectivity index (χ0v) is 18.5. The van der Waals surface area contributed by atoms with Gasteiger partial charge in [0.2, 0.25) is 5.91 Å². The minimum Gasteiger partial charge on any atom is -0.493 e. The molecule has 7 nitrogen and oxygen atoms in total. The van der Waals surface area contributed by atoms with Crippen LogP contribution in [-0.4, -0.2) is 47.3 Å². The normalized spacial score (nSPS) is 10.8. The van der Waals surface area contributed by atoms with Crippen molar-refractivity contribution < 1.29 is 14.3 Å². The number of aromatic nitrogens is 2. The van der Waals surface area contributed by atoms with Crippen LogP contribution < -0.4 is 15.0 Å². The summed E-state index contributed by atoms with van der Waals surface area (Å²) in [5, 5.41) is 1.00. The Kier molecular flexibility index (Phi) is 7.23. The van der Waals surface area contributed by atoms with Crippen LogP contribution in [0.1, 0.15) is 12.7 Å². The lowest BCUT2D eigenvalue weighted by molar-refractivity contribution is -0.128. The maximum atomic E-state index is 12.7. The van der Waals surface area contributed by atoms with Crippen molar-refractivity contribution in [3.05, 3.63) is 57.6 Å². The number of hydrogen-bond acceptors (Lipinski definition) is 6. The van der Waals surface area contributed by atoms with Crippen molar-refractivity contribution in [1.82, 2.24) is 14.9 Å². The summed E-state index contributed by atoms with van der Waals surface area (Å²) in [7, 11) is 3.02. The number of benzene rings is 2. The number of fused-ring (bicyclic) bond motifs is 1. The van der Waals surface area contributed by atoms with Crippen LogP contribution in [0.2, 0.25) is 5.02 Å². The quantitative estimate of drug-likeness (QED) is 0.529. The Morgan fingerprint density at radius 1 is 1.20 bits per heavy atom. The van der Waals surface area contributed by atoms with Crippen LogP contribution in [0.4, 0.5) is 0 Å². The van der Waals surface area contributed by atoms with E-state index in [1.807, 2.05) is 25.1 Å². The number of hydrogen-bond donors (Lipinski definition) is 1. The van der Waals surface area contributed by atoms with Crippen LogP contribution in [0.5, 0.6) is 11.5 Å². The van der Waals surface area contributed by atoms with Gasteiger partial charge in [-0.15, -0.1) is 11.8 Å². The number of carbonyl (C=O) groups excluding carboxylic acids is 1. The molecular weight excluding hydrogens is 426 g/mol. The van der Waals surface area contributed by atoms with Gasteiger partial charge >= 0.3 is 0 Å². The Labute approximate surface area is 183 Å². The molecule has 0 saturated carbocycles. The van der Waals surface area contributed by atoms with Crippen molar-refractivity contribution in [1.29, 1.82) is 0 Å². The third-order valence-electron chi connectivity index (χ3n) is 4.52. The zero-order chi connectivity index (χ0) is 21.7. The second-order valence-corrected chi connectivity index (χ2v) is 7.79. The second-order valence-electron chi connectivity index (χ2n) is 6.36. The molecule has 9 heteroatoms. The molecule has 0 radical (unpaired) electrons. The number of halogens is 1. The summed E-state index contributed by atoms with van der Waals surface area (Å²) < 4.78 is 10.5. The molecule has 0 spiro atoms. The van der Waals surface area contributed by atoms with Crippen LogP contribution in [0.25, 0.3) is 10.9 Å². The topological polar surface area (TPSA) is 84.5 Å². The summed E-state index contributed by atoms with van der Waals surface area (Å²) in [5.41, 5.74) is 0.172. The van der Waals surface area contributed by atoms with Gasteiger partial charge in [-0.05, 0) is 25.1 Å². The number of carbonyl (C=O) groups is 1. The molecule has 0 aliphatic heterocycles. The van der Waals surface area contributed by atoms with E-state index in [4.69, 9.17) is 21.1 Å². The Morgan fingerprint density at radius 2 is 1.90 bits per heavy atom. The van der Waals surface area contributed by atoms with Crippen molar-refractivity contribution >= 4 is 40.2 Å². The lowest BCUT2D eigenvalue weighted by Gasteiger charge is -2.20. The molecule has 3 rings (SSSR count). The van der Waals surface area contributed by atoms with Crippen LogP contribution >= 0.6 is 23.4 Å². The number of aromatic amines is 1. The largest absolute Gasteiger partial charge is 0.493 e. The maximum Gasteiger partial charge on any atom is 0.258 e. The number of nitrogens with one attached hydrogen (secondary N) is 1. The Hall–Kier alpha value is -2.71. The molecule has 0 aliphatic carbocycles. The number of amides is 1. The van der Waals surface area contributed by atoms with Gasteiger partial charge in [-0.3, -0.25) is 9.59 Å². The first kappa shape index (κ1) is 22.0. The highest BCUT2D eigenvalue weighted by atomic mass is 35.5. The van der Waals surface area contributed by atoms with Gasteiger partial charge in [-0.2, -0.15) is 0 Å². The SMILES string of the molecule is CCN(Cc1nc2cc(OC)c(OC)cc2c(=O)[nH]1)C(=O)CSc1ccccc1Cl. The van der Waals surface area contributed by atoms with Gasteiger partial charge in [0.25, 0.3) is 5.56 Å². The van der Waals surface area contributed by atoms with Crippen molar-refractivity contribution in [3.63, 3.8) is 0 Å². The molecule has 0 aliphatic rings. The molecule has 1 amide bonds. The Balaban J connectivity index is 1.79. The Morgan fingerprint density at radius 3 is 2.57 bits per heavy atom. The molecule has 1 aromatic heterocycles. The molecule has 0 fully saturated rings. The molecule has 2 aromatic carbocycles. The summed E-state index contributed by atoms with van der Waals surface area (Å²) >= 11 is 7.53. The summed E-state index contributed by atoms with van der Waals surface area (Å²) in [5.74, 6) is 1.50. The minimum absolute atomic E-state index is 0.0718. The number of thioether (sulfide) groups is 1. The highest BCUT2D eigenvalue weighted by molar-refractivity contribution is 8.00. The van der Waals surface area contributed by atoms with Gasteiger partial charge in [0.15, 0.2) is 11.5 Å². The third-order valence-corrected chi connectivity index (χ3v) is 6.02. The monoisotopic (exact) mass is 447 g/mol. The molecule has 1 heterocycles. The van der Waals surface area contributed by atoms with E-state index < -0.39 is 0 Å². The van der Waals surface area contributed by atoms with Crippen molar-refractivity contribution in [2.45, 2.75) is 18.4 Å². The molecule has 158 valence electrons. The van der Waals surface area contributed by atoms with E-state index in [0.29, 0.717) is 39.8 Å². The highest BCUT2D eigenvalue weighted by Crippen LogP contribution is 2.30. The number of nitrogens with zero attached hydrogens (tertiary/aromatic N) is 2. The van der Waals surface area contributed by atoms with Crippen molar-refractivity contribution in [2.75, 3.05) is 26.5 Å². The van der Waals surface area contributed by atoms with Crippen LogP contribution in [0, 0.1) is 0 Å². The maximum absolute atomic E-state index is 12.7. The fraction of sp³-hybridized carbons (Fsp3) is 0.286. The molecule has 3 aromatic rings. The summed E-state index contributed by atoms with van der Waals surface area (Å²) in [4.78, 5) is 35.0. The lowest BCUT2D eigenvalue weighted by atomic mass is 10.2. The second kappa shape index (κ2) is 9.86. The molecule has 1 N–H and O–H groups in total. The number of H-pyrrole nitrogens is 1. The first-order valence-corrected chi connectivity index (χ1v) is 10.6. The number of methoxy groups -OCH3 is 2. The van der Waals surface area contributed by atoms with Crippen LogP contribution in [0.15, 0.2) is 46.1 Å². The van der Waals surface area contributed by atoms with Gasteiger partial charge in [0.05, 0.1) is 42.4 Å². The third kappa shape index (κ3) is 4.88. The van der Waals surface area contributed by atoms with Gasteiger partial charge < -0.3 is 19.4 Å². The molecule has 0 saturated heterocycles. The zero-order valence-electron chi connectivity index (χ0n) is 16.9. The lowest BCUT2D eigenvalue weighted by Crippen LogP contribution is -2.33. The molecule has 0 atom stereocenters. The standard InChI is InChI=1S/C21H22ClN3O4S/c1-4-25(20(26)12-30-18-8-6-5-7-14(18)22)11-19-23-15-10-17(29-3)16(28-2)9-13(15)21(27)24-19/h5-10H,4,11-12H2,1-3H3,(H,23,24,27). The van der Waals surface area contributed by atoms with E-state index in [1.165, 1.54) is 26.0 Å². The van der Waals surface area contributed by atoms with E-state index in [2.05, 4.69) is 9.97 Å².